The number of ether oxygens (including phenoxy) is 2. The molecule has 1 N–H and O–H groups in total. The van der Waals surface area contributed by atoms with Gasteiger partial charge in [0.25, 0.3) is 0 Å². The van der Waals surface area contributed by atoms with E-state index in [-0.39, 0.29) is 6.29 Å². The van der Waals surface area contributed by atoms with Gasteiger partial charge in [-0.15, -0.1) is 0 Å². The second-order valence-electron chi connectivity index (χ2n) is 2.96. The van der Waals surface area contributed by atoms with Gasteiger partial charge in [0.1, 0.15) is 5.75 Å². The number of nitrogens with one attached hydrogen (secondary N) is 1. The highest BCUT2D eigenvalue weighted by Crippen LogP contribution is 2.17. The Morgan fingerprint density at radius 2 is 2.50 bits per heavy atom. The van der Waals surface area contributed by atoms with Crippen molar-refractivity contribution in [2.75, 3.05) is 6.61 Å². The number of H-pyrrole nitrogens is 1. The van der Waals surface area contributed by atoms with E-state index in [4.69, 9.17) is 9.47 Å². The van der Waals surface area contributed by atoms with Crippen LogP contribution in [-0.2, 0) is 4.74 Å². The third kappa shape index (κ3) is 1.80. The molecule has 0 aliphatic carbocycles. The minimum absolute atomic E-state index is 0.0328. The molecule has 3 nitrogen and oxygen atoms in total. The predicted octanol–water partition coefficient (Wildman–Crippen LogP) is 1.92. The zero-order valence-corrected chi connectivity index (χ0v) is 6.95. The molecule has 1 atom stereocenters. The van der Waals surface area contributed by atoms with Crippen molar-refractivity contribution in [2.24, 2.45) is 0 Å². The van der Waals surface area contributed by atoms with E-state index in [2.05, 4.69) is 4.98 Å². The number of aromatic nitrogens is 1. The van der Waals surface area contributed by atoms with Gasteiger partial charge in [-0.3, -0.25) is 0 Å². The molecular weight excluding hydrogens is 154 g/mol. The van der Waals surface area contributed by atoms with Crippen LogP contribution in [0.3, 0.4) is 0 Å². The number of hydrogen-bond donors (Lipinski definition) is 1. The molecule has 1 aliphatic heterocycles. The zero-order valence-electron chi connectivity index (χ0n) is 6.95. The average Bonchev–Trinajstić information content (AvgIpc) is 2.59. The van der Waals surface area contributed by atoms with Crippen LogP contribution in [-0.4, -0.2) is 17.9 Å². The molecular formula is C9H13NO2. The van der Waals surface area contributed by atoms with E-state index in [0.717, 1.165) is 25.2 Å². The van der Waals surface area contributed by atoms with Gasteiger partial charge >= 0.3 is 0 Å². The summed E-state index contributed by atoms with van der Waals surface area (Å²) in [4.78, 5) is 2.94. The lowest BCUT2D eigenvalue weighted by molar-refractivity contribution is -0.105. The molecule has 0 amide bonds. The Bertz CT molecular complexity index is 214. The van der Waals surface area contributed by atoms with Gasteiger partial charge in [0.05, 0.1) is 6.61 Å². The van der Waals surface area contributed by atoms with Crippen molar-refractivity contribution >= 4 is 0 Å². The molecule has 2 rings (SSSR count). The van der Waals surface area contributed by atoms with Crippen molar-refractivity contribution in [3.8, 4) is 5.75 Å². The molecule has 0 bridgehead atoms. The maximum Gasteiger partial charge on any atom is 0.199 e. The lowest BCUT2D eigenvalue weighted by atomic mass is 10.2. The van der Waals surface area contributed by atoms with E-state index in [0.29, 0.717) is 0 Å². The molecule has 1 fully saturated rings. The first kappa shape index (κ1) is 7.68. The predicted molar refractivity (Wildman–Crippen MR) is 45.0 cm³/mol. The summed E-state index contributed by atoms with van der Waals surface area (Å²) in [5.41, 5.74) is 0. The van der Waals surface area contributed by atoms with Gasteiger partial charge in [0, 0.05) is 18.8 Å². The fourth-order valence-corrected chi connectivity index (χ4v) is 1.34. The Morgan fingerprint density at radius 3 is 3.17 bits per heavy atom. The monoisotopic (exact) mass is 167 g/mol. The van der Waals surface area contributed by atoms with Crippen molar-refractivity contribution in [1.82, 2.24) is 4.98 Å². The normalized spacial score (nSPS) is 23.8. The Hall–Kier alpha value is -0.960. The fraction of sp³-hybridized carbons (Fsp3) is 0.556. The standard InChI is InChI=1S/C9H13NO2/c1-2-6-11-9(3-1)12-8-4-5-10-7-8/h4-5,7,9-10H,1-3,6H2/t9-/m1/s1. The third-order valence-corrected chi connectivity index (χ3v) is 1.97. The third-order valence-electron chi connectivity index (χ3n) is 1.97. The summed E-state index contributed by atoms with van der Waals surface area (Å²) in [6.45, 7) is 0.828. The van der Waals surface area contributed by atoms with E-state index >= 15 is 0 Å². The average molecular weight is 167 g/mol. The number of aromatic amines is 1. The van der Waals surface area contributed by atoms with Gasteiger partial charge < -0.3 is 14.5 Å². The van der Waals surface area contributed by atoms with Crippen molar-refractivity contribution < 1.29 is 9.47 Å². The summed E-state index contributed by atoms with van der Waals surface area (Å²) in [5, 5.41) is 0. The van der Waals surface area contributed by atoms with Crippen molar-refractivity contribution in [3.63, 3.8) is 0 Å². The first-order valence-corrected chi connectivity index (χ1v) is 4.36. The minimum Gasteiger partial charge on any atom is -0.463 e. The highest BCUT2D eigenvalue weighted by atomic mass is 16.7. The summed E-state index contributed by atoms with van der Waals surface area (Å²) < 4.78 is 11.0. The van der Waals surface area contributed by atoms with Crippen molar-refractivity contribution in [1.29, 1.82) is 0 Å². The maximum atomic E-state index is 5.54. The van der Waals surface area contributed by atoms with Gasteiger partial charge in [0.2, 0.25) is 0 Å². The number of hydrogen-bond acceptors (Lipinski definition) is 2. The molecule has 0 radical (unpaired) electrons. The molecule has 0 spiro atoms. The molecule has 0 unspecified atom stereocenters. The van der Waals surface area contributed by atoms with E-state index in [9.17, 15) is 0 Å². The van der Waals surface area contributed by atoms with Crippen LogP contribution in [0.4, 0.5) is 0 Å². The van der Waals surface area contributed by atoms with Gasteiger partial charge in [-0.1, -0.05) is 0 Å². The first-order chi connectivity index (χ1) is 5.95. The molecule has 0 aromatic carbocycles. The highest BCUT2D eigenvalue weighted by molar-refractivity contribution is 5.15. The highest BCUT2D eigenvalue weighted by Gasteiger charge is 2.14. The van der Waals surface area contributed by atoms with Crippen LogP contribution in [0.25, 0.3) is 0 Å². The molecule has 1 aliphatic rings. The Balaban J connectivity index is 1.86. The summed E-state index contributed by atoms with van der Waals surface area (Å²) in [6, 6.07) is 1.90. The second kappa shape index (κ2) is 3.63. The van der Waals surface area contributed by atoms with Gasteiger partial charge in [-0.25, -0.2) is 0 Å². The molecule has 1 aromatic heterocycles. The number of rotatable bonds is 2. The Labute approximate surface area is 71.7 Å². The molecule has 66 valence electrons. The summed E-state index contributed by atoms with van der Waals surface area (Å²) in [5.74, 6) is 0.863. The van der Waals surface area contributed by atoms with Crippen molar-refractivity contribution in [2.45, 2.75) is 25.6 Å². The lowest BCUT2D eigenvalue weighted by Crippen LogP contribution is -2.24. The lowest BCUT2D eigenvalue weighted by Gasteiger charge is -2.22. The summed E-state index contributed by atoms with van der Waals surface area (Å²) in [7, 11) is 0. The fourth-order valence-electron chi connectivity index (χ4n) is 1.34. The second-order valence-corrected chi connectivity index (χ2v) is 2.96. The molecule has 1 aromatic rings. The van der Waals surface area contributed by atoms with Gasteiger partial charge in [-0.2, -0.15) is 0 Å². The Morgan fingerprint density at radius 1 is 1.50 bits per heavy atom. The quantitative estimate of drug-likeness (QED) is 0.730. The van der Waals surface area contributed by atoms with Crippen LogP contribution < -0.4 is 4.74 Å². The van der Waals surface area contributed by atoms with Crippen LogP contribution in [0.5, 0.6) is 5.75 Å². The van der Waals surface area contributed by atoms with Crippen LogP contribution in [0.15, 0.2) is 18.5 Å². The molecule has 3 heteroatoms. The first-order valence-electron chi connectivity index (χ1n) is 4.36. The summed E-state index contributed by atoms with van der Waals surface area (Å²) >= 11 is 0. The van der Waals surface area contributed by atoms with Gasteiger partial charge in [-0.05, 0) is 18.9 Å². The van der Waals surface area contributed by atoms with Gasteiger partial charge in [0.15, 0.2) is 6.29 Å². The zero-order chi connectivity index (χ0) is 8.23. The maximum absolute atomic E-state index is 5.54. The summed E-state index contributed by atoms with van der Waals surface area (Å²) in [6.07, 6.45) is 7.01. The van der Waals surface area contributed by atoms with E-state index < -0.39 is 0 Å². The van der Waals surface area contributed by atoms with E-state index in [1.165, 1.54) is 6.42 Å². The molecule has 12 heavy (non-hydrogen) atoms. The van der Waals surface area contributed by atoms with E-state index in [1.54, 1.807) is 0 Å². The molecule has 2 heterocycles. The van der Waals surface area contributed by atoms with Crippen LogP contribution >= 0.6 is 0 Å². The minimum atomic E-state index is -0.0328. The molecule has 1 saturated heterocycles. The van der Waals surface area contributed by atoms with Crippen LogP contribution in [0.1, 0.15) is 19.3 Å². The van der Waals surface area contributed by atoms with Crippen molar-refractivity contribution in [3.05, 3.63) is 18.5 Å². The topological polar surface area (TPSA) is 34.2 Å². The smallest absolute Gasteiger partial charge is 0.199 e. The Kier molecular flexibility index (Phi) is 2.32. The van der Waals surface area contributed by atoms with Crippen LogP contribution in [0, 0.1) is 0 Å². The van der Waals surface area contributed by atoms with E-state index in [1.807, 2.05) is 18.5 Å². The van der Waals surface area contributed by atoms with Crippen LogP contribution in [0.2, 0.25) is 0 Å². The largest absolute Gasteiger partial charge is 0.463 e. The molecule has 0 saturated carbocycles. The SMILES string of the molecule is c1cc(O[C@@H]2CCCCO2)c[nH]1.